The normalized spacial score (nSPS) is 11.7. The molecule has 0 atom stereocenters. The molecule has 0 saturated carbocycles. The molecule has 52 heavy (non-hydrogen) atoms. The third kappa shape index (κ3) is 53.2. The number of hydrogen-bond acceptors (Lipinski definition) is 6. The average molecular weight is 836 g/mol. The van der Waals surface area contributed by atoms with E-state index in [9.17, 15) is 28.4 Å². The van der Waals surface area contributed by atoms with Gasteiger partial charge >= 0.3 is 17.4 Å². The van der Waals surface area contributed by atoms with E-state index < -0.39 is 22.1 Å². The van der Waals surface area contributed by atoms with E-state index in [1.165, 1.54) is 116 Å². The van der Waals surface area contributed by atoms with Crippen molar-refractivity contribution >= 4 is 22.1 Å². The monoisotopic (exact) mass is 836 g/mol. The molecular formula is C42H90CrO6P3. The van der Waals surface area contributed by atoms with Crippen LogP contribution < -0.4 is 14.7 Å². The van der Waals surface area contributed by atoms with Gasteiger partial charge in [0.15, 0.2) is 0 Å². The first kappa shape index (κ1) is 59.8. The molecule has 0 fully saturated rings. The fraction of sp³-hybridized carbons (Fsp3) is 1.00. The van der Waals surface area contributed by atoms with Gasteiger partial charge in [0.25, 0.3) is 0 Å². The summed E-state index contributed by atoms with van der Waals surface area (Å²) in [6.07, 6.45) is 36.1. The molecule has 0 rings (SSSR count). The number of hydrogen-bond donors (Lipinski definition) is 0. The summed E-state index contributed by atoms with van der Waals surface area (Å²) in [6, 6.07) is 0. The minimum atomic E-state index is -3.04. The molecule has 0 unspecified atom stereocenters. The van der Waals surface area contributed by atoms with Crippen LogP contribution in [-0.2, 0) is 31.1 Å². The molecule has 0 aliphatic carbocycles. The van der Waals surface area contributed by atoms with Crippen molar-refractivity contribution in [3.63, 3.8) is 0 Å². The average Bonchev–Trinajstić information content (AvgIpc) is 3.08. The Balaban J connectivity index is -0.000000329. The van der Waals surface area contributed by atoms with Crippen LogP contribution in [0.15, 0.2) is 0 Å². The van der Waals surface area contributed by atoms with Gasteiger partial charge in [-0.05, 0) is 75.5 Å². The predicted molar refractivity (Wildman–Crippen MR) is 225 cm³/mol. The van der Waals surface area contributed by atoms with E-state index in [2.05, 4.69) is 41.5 Å². The van der Waals surface area contributed by atoms with Crippen LogP contribution in [0.3, 0.4) is 0 Å². The summed E-state index contributed by atoms with van der Waals surface area (Å²) in [5, 5.41) is 0. The van der Waals surface area contributed by atoms with Gasteiger partial charge in [0.05, 0.1) is 0 Å². The smallest absolute Gasteiger partial charge is 0.799 e. The predicted octanol–water partition coefficient (Wildman–Crippen LogP) is 13.7. The number of unbranched alkanes of at least 4 members (excludes halogenated alkanes) is 24. The minimum Gasteiger partial charge on any atom is -0.799 e. The van der Waals surface area contributed by atoms with Crippen molar-refractivity contribution in [2.45, 2.75) is 234 Å². The standard InChI is InChI=1S/3C14H31O2P.Cr/c3*1-3-5-7-9-11-13-17(15,16)14-12-10-8-6-4-2;/h3*3-14H2,1-2H3,(H,15,16);/q;;;+3/p-3. The van der Waals surface area contributed by atoms with Gasteiger partial charge < -0.3 is 28.4 Å². The van der Waals surface area contributed by atoms with Crippen LogP contribution >= 0.6 is 22.1 Å². The van der Waals surface area contributed by atoms with Crippen LogP contribution in [0, 0.1) is 0 Å². The van der Waals surface area contributed by atoms with Crippen molar-refractivity contribution in [3.8, 4) is 0 Å². The Morgan fingerprint density at radius 3 is 0.481 bits per heavy atom. The molecule has 0 aromatic rings. The van der Waals surface area contributed by atoms with E-state index in [1.54, 1.807) is 0 Å². The Labute approximate surface area is 337 Å². The molecular weight excluding hydrogens is 745 g/mol. The van der Waals surface area contributed by atoms with Crippen LogP contribution in [0.2, 0.25) is 0 Å². The van der Waals surface area contributed by atoms with Gasteiger partial charge in [-0.2, -0.15) is 0 Å². The van der Waals surface area contributed by atoms with E-state index >= 15 is 0 Å². The van der Waals surface area contributed by atoms with E-state index in [-0.39, 0.29) is 17.4 Å². The maximum atomic E-state index is 11.7. The van der Waals surface area contributed by atoms with Gasteiger partial charge in [-0.15, -0.1) is 0 Å². The summed E-state index contributed by atoms with van der Waals surface area (Å²) in [6.45, 7) is 13.1. The molecule has 0 heterocycles. The molecule has 0 aliphatic heterocycles. The number of rotatable bonds is 36. The zero-order valence-corrected chi connectivity index (χ0v) is 39.6. The molecule has 1 radical (unpaired) electrons. The Morgan fingerprint density at radius 1 is 0.250 bits per heavy atom. The summed E-state index contributed by atoms with van der Waals surface area (Å²) >= 11 is 0. The van der Waals surface area contributed by atoms with Gasteiger partial charge in [0, 0.05) is 22.1 Å². The van der Waals surface area contributed by atoms with Gasteiger partial charge in [0.1, 0.15) is 0 Å². The molecule has 0 aromatic carbocycles. The molecule has 0 aliphatic rings. The molecule has 0 spiro atoms. The molecule has 0 bridgehead atoms. The van der Waals surface area contributed by atoms with Gasteiger partial charge in [0.2, 0.25) is 0 Å². The second-order valence-electron chi connectivity index (χ2n) is 15.3. The molecule has 315 valence electrons. The van der Waals surface area contributed by atoms with Gasteiger partial charge in [-0.3, -0.25) is 0 Å². The zero-order valence-electron chi connectivity index (χ0n) is 35.7. The van der Waals surface area contributed by atoms with Crippen molar-refractivity contribution in [1.82, 2.24) is 0 Å². The Kier molecular flexibility index (Phi) is 51.5. The van der Waals surface area contributed by atoms with E-state index in [0.29, 0.717) is 37.0 Å². The SMILES string of the molecule is CCCCCCCP(=O)([O-])CCCCCCC.CCCCCCCP(=O)([O-])CCCCCCC.CCCCCCCP(=O)([O-])CCCCCCC.[Cr+3]. The fourth-order valence-corrected chi connectivity index (χ4v) is 11.0. The van der Waals surface area contributed by atoms with E-state index in [1.807, 2.05) is 0 Å². The van der Waals surface area contributed by atoms with Crippen molar-refractivity contribution in [2.75, 3.05) is 37.0 Å². The summed E-state index contributed by atoms with van der Waals surface area (Å²) in [4.78, 5) is 35.2. The summed E-state index contributed by atoms with van der Waals surface area (Å²) in [5.74, 6) is 0. The molecule has 0 saturated heterocycles. The van der Waals surface area contributed by atoms with Crippen LogP contribution in [0.25, 0.3) is 0 Å². The summed E-state index contributed by atoms with van der Waals surface area (Å²) in [5.41, 5.74) is 0. The van der Waals surface area contributed by atoms with Crippen molar-refractivity contribution in [3.05, 3.63) is 0 Å². The van der Waals surface area contributed by atoms with Gasteiger partial charge in [-0.25, -0.2) is 0 Å². The minimum absolute atomic E-state index is 0. The van der Waals surface area contributed by atoms with Crippen LogP contribution in [0.4, 0.5) is 0 Å². The summed E-state index contributed by atoms with van der Waals surface area (Å²) < 4.78 is 35.2. The second-order valence-corrected chi connectivity index (χ2v) is 22.8. The Hall–Kier alpha value is 1.10. The van der Waals surface area contributed by atoms with E-state index in [4.69, 9.17) is 0 Å². The zero-order chi connectivity index (χ0) is 39.0. The second kappa shape index (κ2) is 44.8. The van der Waals surface area contributed by atoms with Crippen molar-refractivity contribution in [2.24, 2.45) is 0 Å². The van der Waals surface area contributed by atoms with Crippen LogP contribution in [0.5, 0.6) is 0 Å². The van der Waals surface area contributed by atoms with Crippen molar-refractivity contribution < 1.29 is 45.7 Å². The molecule has 6 nitrogen and oxygen atoms in total. The topological polar surface area (TPSA) is 120 Å². The largest absolute Gasteiger partial charge is 3.00 e. The maximum absolute atomic E-state index is 11.7. The third-order valence-electron chi connectivity index (χ3n) is 9.61. The quantitative estimate of drug-likeness (QED) is 0.0458. The first-order valence-electron chi connectivity index (χ1n) is 22.2. The summed E-state index contributed by atoms with van der Waals surface area (Å²) in [7, 11) is -9.12. The molecule has 0 aromatic heterocycles. The molecule has 0 N–H and O–H groups in total. The van der Waals surface area contributed by atoms with E-state index in [0.717, 1.165) is 77.0 Å². The first-order chi connectivity index (χ1) is 24.4. The Morgan fingerprint density at radius 2 is 0.365 bits per heavy atom. The fourth-order valence-electron chi connectivity index (χ4n) is 6.07. The van der Waals surface area contributed by atoms with Crippen LogP contribution in [-0.4, -0.2) is 37.0 Å². The Bertz CT molecular complexity index is 671. The molecule has 0 amide bonds. The maximum Gasteiger partial charge on any atom is 3.00 e. The molecule has 10 heteroatoms. The first-order valence-corrected chi connectivity index (χ1v) is 28.2. The van der Waals surface area contributed by atoms with Gasteiger partial charge in [-0.1, -0.05) is 196 Å². The van der Waals surface area contributed by atoms with Crippen molar-refractivity contribution in [1.29, 1.82) is 0 Å². The third-order valence-corrected chi connectivity index (χ3v) is 15.6. The van der Waals surface area contributed by atoms with Crippen LogP contribution in [0.1, 0.15) is 234 Å².